The number of hydrogen-bond acceptors (Lipinski definition) is 3. The van der Waals surface area contributed by atoms with Crippen LogP contribution >= 0.6 is 22.9 Å². The Morgan fingerprint density at radius 3 is 2.71 bits per heavy atom. The monoisotopic (exact) mass is 233 g/mol. The molecule has 0 fully saturated rings. The second-order valence-electron chi connectivity index (χ2n) is 3.55. The van der Waals surface area contributed by atoms with Gasteiger partial charge < -0.3 is 10.8 Å². The van der Waals surface area contributed by atoms with E-state index in [9.17, 15) is 4.79 Å². The molecule has 1 unspecified atom stereocenters. The lowest BCUT2D eigenvalue weighted by Crippen LogP contribution is -2.34. The maximum atomic E-state index is 10.6. The Labute approximate surface area is 91.5 Å². The van der Waals surface area contributed by atoms with Gasteiger partial charge in [0, 0.05) is 4.88 Å². The molecule has 0 spiro atoms. The van der Waals surface area contributed by atoms with Gasteiger partial charge >= 0.3 is 5.97 Å². The highest BCUT2D eigenvalue weighted by Crippen LogP contribution is 2.36. The maximum absolute atomic E-state index is 10.6. The molecule has 0 saturated heterocycles. The van der Waals surface area contributed by atoms with Crippen molar-refractivity contribution in [3.63, 3.8) is 0 Å². The zero-order chi connectivity index (χ0) is 10.9. The first-order valence-electron chi connectivity index (χ1n) is 4.09. The van der Waals surface area contributed by atoms with Crippen molar-refractivity contribution in [2.24, 2.45) is 5.73 Å². The van der Waals surface area contributed by atoms with Gasteiger partial charge in [-0.1, -0.05) is 11.6 Å². The van der Waals surface area contributed by atoms with Crippen LogP contribution in [0, 0.1) is 6.92 Å². The van der Waals surface area contributed by atoms with Crippen molar-refractivity contribution in [1.29, 1.82) is 0 Å². The molecule has 1 aromatic heterocycles. The van der Waals surface area contributed by atoms with Crippen LogP contribution in [0.3, 0.4) is 0 Å². The predicted molar refractivity (Wildman–Crippen MR) is 57.9 cm³/mol. The fourth-order valence-electron chi connectivity index (χ4n) is 1.21. The normalized spacial score (nSPS) is 15.1. The van der Waals surface area contributed by atoms with E-state index in [0.29, 0.717) is 5.02 Å². The first kappa shape index (κ1) is 11.5. The van der Waals surface area contributed by atoms with E-state index in [2.05, 4.69) is 0 Å². The minimum Gasteiger partial charge on any atom is -0.481 e. The number of carboxylic acid groups (broad SMARTS) is 1. The van der Waals surface area contributed by atoms with Crippen molar-refractivity contribution in [1.82, 2.24) is 0 Å². The number of carboxylic acids is 1. The molecule has 14 heavy (non-hydrogen) atoms. The highest BCUT2D eigenvalue weighted by molar-refractivity contribution is 7.11. The average Bonchev–Trinajstić information content (AvgIpc) is 2.30. The lowest BCUT2D eigenvalue weighted by Gasteiger charge is -2.21. The van der Waals surface area contributed by atoms with E-state index in [1.54, 1.807) is 6.92 Å². The van der Waals surface area contributed by atoms with E-state index in [4.69, 9.17) is 22.4 Å². The van der Waals surface area contributed by atoms with Gasteiger partial charge in [-0.05, 0) is 24.8 Å². The van der Waals surface area contributed by atoms with Gasteiger partial charge in [0.15, 0.2) is 0 Å². The molecule has 0 saturated carbocycles. The van der Waals surface area contributed by atoms with Gasteiger partial charge in [0.05, 0.1) is 17.0 Å². The number of thiophene rings is 1. The van der Waals surface area contributed by atoms with Crippen LogP contribution in [-0.2, 0) is 10.3 Å². The topological polar surface area (TPSA) is 63.3 Å². The van der Waals surface area contributed by atoms with Crippen LogP contribution in [-0.4, -0.2) is 11.1 Å². The third kappa shape index (κ3) is 2.26. The Hall–Kier alpha value is -0.580. The van der Waals surface area contributed by atoms with Crippen molar-refractivity contribution in [3.8, 4) is 0 Å². The van der Waals surface area contributed by atoms with Crippen molar-refractivity contribution in [2.45, 2.75) is 25.8 Å². The lowest BCUT2D eigenvalue weighted by atomic mass is 9.97. The summed E-state index contributed by atoms with van der Waals surface area (Å²) in [7, 11) is 0. The molecule has 0 aliphatic carbocycles. The zero-order valence-corrected chi connectivity index (χ0v) is 9.58. The van der Waals surface area contributed by atoms with Gasteiger partial charge in [-0.25, -0.2) is 0 Å². The molecule has 1 rings (SSSR count). The number of aryl methyl sites for hydroxylation is 1. The summed E-state index contributed by atoms with van der Waals surface area (Å²) in [5, 5.41) is 11.2. The average molecular weight is 234 g/mol. The Bertz CT molecular complexity index is 360. The summed E-state index contributed by atoms with van der Waals surface area (Å²) in [5.74, 6) is -0.919. The van der Waals surface area contributed by atoms with Crippen LogP contribution in [0.1, 0.15) is 23.8 Å². The molecule has 3 N–H and O–H groups in total. The number of aliphatic carboxylic acids is 1. The van der Waals surface area contributed by atoms with Gasteiger partial charge in [0.25, 0.3) is 0 Å². The standard InChI is InChI=1S/C9H12ClNO2S/c1-5-4-14-8(7(5)10)9(2,11)3-6(12)13/h4H,3,11H2,1-2H3,(H,12,13). The predicted octanol–water partition coefficient (Wildman–Crippen LogP) is 2.36. The molecule has 3 nitrogen and oxygen atoms in total. The molecule has 1 atom stereocenters. The van der Waals surface area contributed by atoms with Crippen LogP contribution < -0.4 is 5.73 Å². The second kappa shape index (κ2) is 3.88. The SMILES string of the molecule is Cc1csc(C(C)(N)CC(=O)O)c1Cl. The third-order valence-corrected chi connectivity index (χ3v) is 3.91. The fraction of sp³-hybridized carbons (Fsp3) is 0.444. The highest BCUT2D eigenvalue weighted by Gasteiger charge is 2.29. The number of hydrogen-bond donors (Lipinski definition) is 2. The van der Waals surface area contributed by atoms with Gasteiger partial charge in [-0.2, -0.15) is 0 Å². The van der Waals surface area contributed by atoms with Crippen LogP contribution in [0.25, 0.3) is 0 Å². The number of rotatable bonds is 3. The Morgan fingerprint density at radius 1 is 1.79 bits per heavy atom. The molecular formula is C9H12ClNO2S. The molecule has 78 valence electrons. The largest absolute Gasteiger partial charge is 0.481 e. The lowest BCUT2D eigenvalue weighted by molar-refractivity contribution is -0.138. The highest BCUT2D eigenvalue weighted by atomic mass is 35.5. The number of halogens is 1. The van der Waals surface area contributed by atoms with E-state index in [0.717, 1.165) is 10.4 Å². The van der Waals surface area contributed by atoms with Crippen LogP contribution in [0.2, 0.25) is 5.02 Å². The number of nitrogens with two attached hydrogens (primary N) is 1. The van der Waals surface area contributed by atoms with Crippen LogP contribution in [0.5, 0.6) is 0 Å². The van der Waals surface area contributed by atoms with Crippen molar-refractivity contribution >= 4 is 28.9 Å². The van der Waals surface area contributed by atoms with E-state index < -0.39 is 11.5 Å². The van der Waals surface area contributed by atoms with E-state index in [-0.39, 0.29) is 6.42 Å². The van der Waals surface area contributed by atoms with Crippen molar-refractivity contribution < 1.29 is 9.90 Å². The summed E-state index contributed by atoms with van der Waals surface area (Å²) in [6.45, 7) is 3.55. The first-order valence-corrected chi connectivity index (χ1v) is 5.35. The molecule has 5 heteroatoms. The molecule has 0 bridgehead atoms. The van der Waals surface area contributed by atoms with Gasteiger partial charge in [0.1, 0.15) is 0 Å². The smallest absolute Gasteiger partial charge is 0.305 e. The maximum Gasteiger partial charge on any atom is 0.305 e. The summed E-state index contributed by atoms with van der Waals surface area (Å²) in [4.78, 5) is 11.3. The van der Waals surface area contributed by atoms with Crippen LogP contribution in [0.15, 0.2) is 5.38 Å². The van der Waals surface area contributed by atoms with E-state index in [1.165, 1.54) is 11.3 Å². The molecular weight excluding hydrogens is 222 g/mol. The van der Waals surface area contributed by atoms with Gasteiger partial charge in [-0.3, -0.25) is 4.79 Å². The van der Waals surface area contributed by atoms with Crippen molar-refractivity contribution in [3.05, 3.63) is 20.8 Å². The Balaban J connectivity index is 3.03. The molecule has 1 aromatic rings. The summed E-state index contributed by atoms with van der Waals surface area (Å²) in [6, 6.07) is 0. The summed E-state index contributed by atoms with van der Waals surface area (Å²) in [6.07, 6.45) is -0.118. The third-order valence-electron chi connectivity index (χ3n) is 1.94. The molecule has 0 aromatic carbocycles. The van der Waals surface area contributed by atoms with Crippen LogP contribution in [0.4, 0.5) is 0 Å². The quantitative estimate of drug-likeness (QED) is 0.843. The molecule has 0 amide bonds. The molecule has 1 heterocycles. The minimum atomic E-state index is -0.919. The summed E-state index contributed by atoms with van der Waals surface area (Å²) < 4.78 is 0. The van der Waals surface area contributed by atoms with Gasteiger partial charge in [-0.15, -0.1) is 11.3 Å². The minimum absolute atomic E-state index is 0.118. The Kier molecular flexibility index (Phi) is 3.19. The van der Waals surface area contributed by atoms with E-state index in [1.807, 2.05) is 12.3 Å². The Morgan fingerprint density at radius 2 is 2.36 bits per heavy atom. The molecule has 0 radical (unpaired) electrons. The molecule has 0 aliphatic heterocycles. The second-order valence-corrected chi connectivity index (χ2v) is 4.81. The van der Waals surface area contributed by atoms with Crippen molar-refractivity contribution in [2.75, 3.05) is 0 Å². The zero-order valence-electron chi connectivity index (χ0n) is 8.00. The van der Waals surface area contributed by atoms with Gasteiger partial charge in [0.2, 0.25) is 0 Å². The summed E-state index contributed by atoms with van der Waals surface area (Å²) in [5.41, 5.74) is 5.95. The summed E-state index contributed by atoms with van der Waals surface area (Å²) >= 11 is 7.42. The number of carbonyl (C=O) groups is 1. The fourth-order valence-corrected chi connectivity index (χ4v) is 2.70. The first-order chi connectivity index (χ1) is 6.34. The molecule has 0 aliphatic rings. The van der Waals surface area contributed by atoms with E-state index >= 15 is 0 Å².